The molecule has 1 heterocycles. The molecule has 0 radical (unpaired) electrons. The van der Waals surface area contributed by atoms with Gasteiger partial charge in [0, 0.05) is 24.2 Å². The fourth-order valence-corrected chi connectivity index (χ4v) is 6.78. The molecule has 0 bridgehead atoms. The molecule has 1 N–H and O–H groups in total. The Balaban J connectivity index is 1.64. The molecule has 1 saturated heterocycles. The highest BCUT2D eigenvalue weighted by atomic mass is 32.2. The summed E-state index contributed by atoms with van der Waals surface area (Å²) in [6.07, 6.45) is 0.343. The van der Waals surface area contributed by atoms with Gasteiger partial charge in [0.25, 0.3) is 0 Å². The Morgan fingerprint density at radius 3 is 2.38 bits per heavy atom. The number of nitrogens with zero attached hydrogens (tertiary/aromatic N) is 1. The predicted molar refractivity (Wildman–Crippen MR) is 111 cm³/mol. The van der Waals surface area contributed by atoms with E-state index in [0.29, 0.717) is 35.8 Å². The zero-order chi connectivity index (χ0) is 21.0. The number of hydrogen-bond acceptors (Lipinski definition) is 5. The van der Waals surface area contributed by atoms with Crippen molar-refractivity contribution in [2.24, 2.45) is 5.92 Å². The Bertz CT molecular complexity index is 1080. The smallest absolute Gasteiger partial charge is 0.250 e. The Hall–Kier alpha value is -2.74. The van der Waals surface area contributed by atoms with Crippen LogP contribution in [0.2, 0.25) is 0 Å². The third-order valence-corrected chi connectivity index (χ3v) is 8.42. The van der Waals surface area contributed by atoms with Crippen LogP contribution in [0.3, 0.4) is 0 Å². The molecule has 1 aliphatic carbocycles. The number of sulfonamides is 1. The monoisotopic (exact) mass is 416 g/mol. The van der Waals surface area contributed by atoms with Gasteiger partial charge in [0.05, 0.1) is 19.9 Å². The molecule has 2 aliphatic rings. The Kier molecular flexibility index (Phi) is 4.49. The van der Waals surface area contributed by atoms with Gasteiger partial charge in [-0.1, -0.05) is 18.2 Å². The minimum Gasteiger partial charge on any atom is -0.493 e. The lowest BCUT2D eigenvalue weighted by atomic mass is 10.1. The van der Waals surface area contributed by atoms with E-state index in [0.717, 1.165) is 11.1 Å². The van der Waals surface area contributed by atoms with Crippen molar-refractivity contribution in [3.8, 4) is 11.5 Å². The molecule has 2 unspecified atom stereocenters. The molecular formula is C21H24N2O5S. The van der Waals surface area contributed by atoms with Crippen LogP contribution in [0.1, 0.15) is 17.5 Å². The number of ether oxygens (including phenoxy) is 2. The highest BCUT2D eigenvalue weighted by Gasteiger charge is 2.75. The van der Waals surface area contributed by atoms with Crippen LogP contribution >= 0.6 is 0 Å². The second kappa shape index (κ2) is 6.66. The van der Waals surface area contributed by atoms with Crippen LogP contribution in [-0.2, 0) is 14.8 Å². The van der Waals surface area contributed by atoms with E-state index in [4.69, 9.17) is 9.47 Å². The van der Waals surface area contributed by atoms with Gasteiger partial charge >= 0.3 is 0 Å². The summed E-state index contributed by atoms with van der Waals surface area (Å²) in [4.78, 5) is 13.1. The van der Waals surface area contributed by atoms with Crippen molar-refractivity contribution in [2.45, 2.75) is 25.0 Å². The third-order valence-electron chi connectivity index (χ3n) is 5.90. The summed E-state index contributed by atoms with van der Waals surface area (Å²) in [6.45, 7) is 4.10. The number of para-hydroxylation sites is 1. The van der Waals surface area contributed by atoms with Gasteiger partial charge in [0.2, 0.25) is 15.9 Å². The number of fused-ring (bicyclic) bond motifs is 1. The van der Waals surface area contributed by atoms with Crippen LogP contribution in [0, 0.1) is 19.8 Å². The predicted octanol–water partition coefficient (Wildman–Crippen LogP) is 2.87. The van der Waals surface area contributed by atoms with Gasteiger partial charge in [-0.3, -0.25) is 9.10 Å². The van der Waals surface area contributed by atoms with Gasteiger partial charge in [-0.25, -0.2) is 8.42 Å². The van der Waals surface area contributed by atoms with E-state index >= 15 is 0 Å². The maximum Gasteiger partial charge on any atom is 0.250 e. The van der Waals surface area contributed by atoms with Crippen LogP contribution in [0.15, 0.2) is 36.4 Å². The van der Waals surface area contributed by atoms with Crippen molar-refractivity contribution >= 4 is 27.3 Å². The number of nitrogens with one attached hydrogen (secondary N) is 1. The first-order valence-corrected chi connectivity index (χ1v) is 10.8. The van der Waals surface area contributed by atoms with E-state index in [2.05, 4.69) is 5.32 Å². The molecule has 0 aromatic heterocycles. The van der Waals surface area contributed by atoms with Crippen LogP contribution in [-0.4, -0.2) is 39.8 Å². The number of anilines is 2. The van der Waals surface area contributed by atoms with Crippen molar-refractivity contribution in [1.82, 2.24) is 0 Å². The normalized spacial score (nSPS) is 24.0. The van der Waals surface area contributed by atoms with Gasteiger partial charge in [0.1, 0.15) is 0 Å². The van der Waals surface area contributed by atoms with E-state index < -0.39 is 20.7 Å². The lowest BCUT2D eigenvalue weighted by molar-refractivity contribution is -0.116. The number of benzene rings is 2. The number of methoxy groups -OCH3 is 2. The lowest BCUT2D eigenvalue weighted by Crippen LogP contribution is -2.42. The van der Waals surface area contributed by atoms with Gasteiger partial charge in [0.15, 0.2) is 16.2 Å². The molecule has 2 atom stereocenters. The van der Waals surface area contributed by atoms with Crippen LogP contribution in [0.5, 0.6) is 11.5 Å². The standard InChI is InChI=1S/C21H24N2O5S/c1-13-6-5-7-14(2)19(13)23-12-15-11-21(15,29(23,25)26)20(24)22-16-8-9-17(27-3)18(10-16)28-4/h5-10,15H,11-12H2,1-4H3,(H,22,24). The first kappa shape index (κ1) is 19.6. The second-order valence-electron chi connectivity index (χ2n) is 7.59. The summed E-state index contributed by atoms with van der Waals surface area (Å²) in [6, 6.07) is 10.6. The zero-order valence-electron chi connectivity index (χ0n) is 16.9. The van der Waals surface area contributed by atoms with Crippen LogP contribution in [0.25, 0.3) is 0 Å². The molecule has 0 spiro atoms. The Morgan fingerprint density at radius 2 is 1.76 bits per heavy atom. The van der Waals surface area contributed by atoms with Crippen molar-refractivity contribution in [2.75, 3.05) is 30.4 Å². The van der Waals surface area contributed by atoms with Gasteiger partial charge < -0.3 is 14.8 Å². The Morgan fingerprint density at radius 1 is 1.10 bits per heavy atom. The number of rotatable bonds is 5. The van der Waals surface area contributed by atoms with E-state index in [1.807, 2.05) is 32.0 Å². The molecule has 4 rings (SSSR count). The van der Waals surface area contributed by atoms with E-state index in [1.54, 1.807) is 18.2 Å². The van der Waals surface area contributed by atoms with Crippen molar-refractivity contribution in [3.63, 3.8) is 0 Å². The molecule has 29 heavy (non-hydrogen) atoms. The van der Waals surface area contributed by atoms with Gasteiger partial charge in [-0.2, -0.15) is 0 Å². The summed E-state index contributed by atoms with van der Waals surface area (Å²) in [7, 11) is -0.806. The molecule has 8 heteroatoms. The highest BCUT2D eigenvalue weighted by Crippen LogP contribution is 2.59. The van der Waals surface area contributed by atoms with E-state index in [1.165, 1.54) is 18.5 Å². The molecule has 1 aliphatic heterocycles. The number of amides is 1. The highest BCUT2D eigenvalue weighted by molar-refractivity contribution is 7.95. The molecule has 154 valence electrons. The first-order valence-electron chi connectivity index (χ1n) is 9.38. The number of carbonyl (C=O) groups excluding carboxylic acids is 1. The van der Waals surface area contributed by atoms with E-state index in [9.17, 15) is 13.2 Å². The van der Waals surface area contributed by atoms with Gasteiger partial charge in [-0.15, -0.1) is 0 Å². The van der Waals surface area contributed by atoms with E-state index in [-0.39, 0.29) is 5.92 Å². The largest absolute Gasteiger partial charge is 0.493 e. The SMILES string of the molecule is COc1ccc(NC(=O)C23CC2CN(c2c(C)cccc2C)S3(=O)=O)cc1OC. The summed E-state index contributed by atoms with van der Waals surface area (Å²) < 4.78 is 37.3. The average Bonchev–Trinajstić information content (AvgIpc) is 3.38. The summed E-state index contributed by atoms with van der Waals surface area (Å²) in [5, 5.41) is 2.77. The number of aryl methyl sites for hydroxylation is 2. The van der Waals surface area contributed by atoms with Crippen molar-refractivity contribution in [1.29, 1.82) is 0 Å². The van der Waals surface area contributed by atoms with Crippen LogP contribution < -0.4 is 19.1 Å². The quantitative estimate of drug-likeness (QED) is 0.810. The summed E-state index contributed by atoms with van der Waals surface area (Å²) in [5.74, 6) is 0.277. The molecule has 1 saturated carbocycles. The average molecular weight is 416 g/mol. The molecule has 2 aromatic carbocycles. The number of carbonyl (C=O) groups is 1. The Labute approximate surface area is 170 Å². The molecular weight excluding hydrogens is 392 g/mol. The fraction of sp³-hybridized carbons (Fsp3) is 0.381. The van der Waals surface area contributed by atoms with Crippen molar-refractivity contribution < 1.29 is 22.7 Å². The fourth-order valence-electron chi connectivity index (χ4n) is 4.29. The molecule has 2 aromatic rings. The maximum absolute atomic E-state index is 13.4. The maximum atomic E-state index is 13.4. The molecule has 1 amide bonds. The topological polar surface area (TPSA) is 84.9 Å². The lowest BCUT2D eigenvalue weighted by Gasteiger charge is -2.26. The summed E-state index contributed by atoms with van der Waals surface area (Å²) in [5.41, 5.74) is 2.90. The molecule has 7 nitrogen and oxygen atoms in total. The first-order chi connectivity index (χ1) is 13.8. The molecule has 2 fully saturated rings. The zero-order valence-corrected chi connectivity index (χ0v) is 17.7. The summed E-state index contributed by atoms with van der Waals surface area (Å²) >= 11 is 0. The minimum absolute atomic E-state index is 0.216. The second-order valence-corrected chi connectivity index (χ2v) is 9.71. The van der Waals surface area contributed by atoms with Crippen LogP contribution in [0.4, 0.5) is 11.4 Å². The van der Waals surface area contributed by atoms with Gasteiger partial charge in [-0.05, 0) is 43.5 Å². The van der Waals surface area contributed by atoms with Crippen molar-refractivity contribution in [3.05, 3.63) is 47.5 Å². The minimum atomic E-state index is -3.83. The third kappa shape index (κ3) is 2.77. The number of hydrogen-bond donors (Lipinski definition) is 1.